The summed E-state index contributed by atoms with van der Waals surface area (Å²) >= 11 is 0. The van der Waals surface area contributed by atoms with E-state index in [1.807, 2.05) is 6.07 Å². The lowest BCUT2D eigenvalue weighted by molar-refractivity contribution is -0.127. The minimum Gasteiger partial charge on any atom is -0.493 e. The fourth-order valence-corrected chi connectivity index (χ4v) is 4.90. The smallest absolute Gasteiger partial charge is 0.223 e. The Balaban J connectivity index is 1.33. The number of nitrogens with one attached hydrogen (secondary N) is 1. The second-order valence-corrected chi connectivity index (χ2v) is 8.92. The molecule has 1 aliphatic carbocycles. The first-order chi connectivity index (χ1) is 16.1. The highest BCUT2D eigenvalue weighted by Gasteiger charge is 2.31. The lowest BCUT2D eigenvalue weighted by atomic mass is 9.83. The van der Waals surface area contributed by atoms with Crippen molar-refractivity contribution in [2.75, 3.05) is 13.7 Å². The second-order valence-electron chi connectivity index (χ2n) is 8.92. The first kappa shape index (κ1) is 21.3. The average Bonchev–Trinajstić information content (AvgIpc) is 3.49. The Morgan fingerprint density at radius 2 is 2.03 bits per heavy atom. The largest absolute Gasteiger partial charge is 0.493 e. The van der Waals surface area contributed by atoms with E-state index in [1.54, 1.807) is 25.3 Å². The number of nitrogens with zero attached hydrogens (tertiary/aromatic N) is 2. The van der Waals surface area contributed by atoms with Crippen LogP contribution >= 0.6 is 0 Å². The molecule has 2 atom stereocenters. The van der Waals surface area contributed by atoms with Crippen LogP contribution in [-0.2, 0) is 11.2 Å². The molecule has 5 rings (SSSR count). The number of rotatable bonds is 6. The molecule has 1 N–H and O–H groups in total. The summed E-state index contributed by atoms with van der Waals surface area (Å²) in [5.74, 6) is 1.98. The molecule has 33 heavy (non-hydrogen) atoms. The van der Waals surface area contributed by atoms with Gasteiger partial charge in [-0.2, -0.15) is 5.26 Å². The summed E-state index contributed by atoms with van der Waals surface area (Å²) in [7, 11) is 1.66. The lowest BCUT2D eigenvalue weighted by Gasteiger charge is -2.29. The number of carbonyl (C=O) groups is 1. The molecule has 0 spiro atoms. The highest BCUT2D eigenvalue weighted by Crippen LogP contribution is 2.37. The van der Waals surface area contributed by atoms with E-state index in [2.05, 4.69) is 28.5 Å². The highest BCUT2D eigenvalue weighted by atomic mass is 16.5. The minimum atomic E-state index is -0.242. The number of aromatic nitrogens is 1. The van der Waals surface area contributed by atoms with E-state index in [0.29, 0.717) is 41.9 Å². The fraction of sp³-hybridized carbons (Fsp3) is 0.423. The number of ether oxygens (including phenoxy) is 2. The molecular weight excluding hydrogens is 418 g/mol. The van der Waals surface area contributed by atoms with Crippen LogP contribution in [0.25, 0.3) is 11.1 Å². The van der Waals surface area contributed by atoms with Crippen LogP contribution in [-0.4, -0.2) is 30.6 Å². The predicted molar refractivity (Wildman–Crippen MR) is 122 cm³/mol. The maximum absolute atomic E-state index is 12.6. The van der Waals surface area contributed by atoms with E-state index >= 15 is 0 Å². The van der Waals surface area contributed by atoms with E-state index in [0.717, 1.165) is 29.9 Å². The van der Waals surface area contributed by atoms with Crippen molar-refractivity contribution >= 4 is 17.0 Å². The van der Waals surface area contributed by atoms with Gasteiger partial charge in [-0.25, -0.2) is 4.98 Å². The van der Waals surface area contributed by atoms with Gasteiger partial charge < -0.3 is 19.2 Å². The molecule has 0 unspecified atom stereocenters. The molecule has 1 amide bonds. The van der Waals surface area contributed by atoms with Gasteiger partial charge in [0.15, 0.2) is 23.0 Å². The molecule has 1 aromatic heterocycles. The maximum atomic E-state index is 12.6. The standard InChI is InChI=1S/C26H27N3O4/c1-31-23-9-7-17(12-24(23)32-20-4-2-3-5-20)19-11-18(26(30)28-15-19)13-25-29-21-10-16(14-27)6-8-22(21)33-25/h6-10,12,18-20H,2-5,11,13,15H2,1H3,(H,28,30)/t18-,19+/m0/s1. The van der Waals surface area contributed by atoms with Crippen LogP contribution in [0.2, 0.25) is 0 Å². The van der Waals surface area contributed by atoms with Crippen molar-refractivity contribution in [1.29, 1.82) is 5.26 Å². The molecule has 2 heterocycles. The molecule has 7 nitrogen and oxygen atoms in total. The highest BCUT2D eigenvalue weighted by molar-refractivity contribution is 5.80. The van der Waals surface area contributed by atoms with Gasteiger partial charge in [0.1, 0.15) is 5.52 Å². The quantitative estimate of drug-likeness (QED) is 0.600. The molecule has 1 saturated carbocycles. The Morgan fingerprint density at radius 1 is 1.18 bits per heavy atom. The number of amides is 1. The Kier molecular flexibility index (Phi) is 5.91. The van der Waals surface area contributed by atoms with Gasteiger partial charge in [-0.1, -0.05) is 6.07 Å². The van der Waals surface area contributed by atoms with Gasteiger partial charge >= 0.3 is 0 Å². The molecule has 2 aliphatic rings. The summed E-state index contributed by atoms with van der Waals surface area (Å²) in [6, 6.07) is 13.3. The molecule has 3 aromatic rings. The van der Waals surface area contributed by atoms with Gasteiger partial charge in [0.25, 0.3) is 0 Å². The molecular formula is C26H27N3O4. The number of oxazole rings is 1. The van der Waals surface area contributed by atoms with Crippen molar-refractivity contribution in [2.24, 2.45) is 5.92 Å². The molecule has 1 aliphatic heterocycles. The van der Waals surface area contributed by atoms with E-state index in [9.17, 15) is 4.79 Å². The molecule has 1 saturated heterocycles. The Bertz CT molecular complexity index is 1210. The molecule has 7 heteroatoms. The third-order valence-corrected chi connectivity index (χ3v) is 6.70. The maximum Gasteiger partial charge on any atom is 0.223 e. The number of carbonyl (C=O) groups excluding carboxylic acids is 1. The average molecular weight is 446 g/mol. The van der Waals surface area contributed by atoms with E-state index in [1.165, 1.54) is 12.8 Å². The summed E-state index contributed by atoms with van der Waals surface area (Å²) in [5, 5.41) is 12.1. The molecule has 0 radical (unpaired) electrons. The zero-order chi connectivity index (χ0) is 22.8. The van der Waals surface area contributed by atoms with Crippen LogP contribution < -0.4 is 14.8 Å². The normalized spacial score (nSPS) is 21.0. The summed E-state index contributed by atoms with van der Waals surface area (Å²) in [4.78, 5) is 17.1. The number of nitriles is 1. The van der Waals surface area contributed by atoms with E-state index < -0.39 is 0 Å². The first-order valence-electron chi connectivity index (χ1n) is 11.5. The monoisotopic (exact) mass is 445 g/mol. The summed E-state index contributed by atoms with van der Waals surface area (Å²) in [5.41, 5.74) is 2.93. The lowest BCUT2D eigenvalue weighted by Crippen LogP contribution is -2.41. The van der Waals surface area contributed by atoms with Crippen molar-refractivity contribution in [3.05, 3.63) is 53.4 Å². The summed E-state index contributed by atoms with van der Waals surface area (Å²) < 4.78 is 17.6. The zero-order valence-electron chi connectivity index (χ0n) is 18.7. The predicted octanol–water partition coefficient (Wildman–Crippen LogP) is 4.49. The zero-order valence-corrected chi connectivity index (χ0v) is 18.7. The van der Waals surface area contributed by atoms with Gasteiger partial charge in [-0.15, -0.1) is 0 Å². The van der Waals surface area contributed by atoms with Crippen LogP contribution in [0.3, 0.4) is 0 Å². The van der Waals surface area contributed by atoms with Gasteiger partial charge in [0.2, 0.25) is 5.91 Å². The number of hydrogen-bond acceptors (Lipinski definition) is 6. The van der Waals surface area contributed by atoms with Crippen molar-refractivity contribution in [3.63, 3.8) is 0 Å². The van der Waals surface area contributed by atoms with E-state index in [4.69, 9.17) is 19.2 Å². The van der Waals surface area contributed by atoms with Gasteiger partial charge in [-0.3, -0.25) is 4.79 Å². The Morgan fingerprint density at radius 3 is 2.82 bits per heavy atom. The van der Waals surface area contributed by atoms with Gasteiger partial charge in [-0.05, 0) is 68.0 Å². The number of methoxy groups -OCH3 is 1. The topological polar surface area (TPSA) is 97.4 Å². The SMILES string of the molecule is COc1ccc([C@H]2CNC(=O)[C@H](Cc3nc4cc(C#N)ccc4o3)C2)cc1OC1CCCC1. The minimum absolute atomic E-state index is 0.0159. The van der Waals surface area contributed by atoms with Crippen LogP contribution in [0, 0.1) is 17.2 Å². The fourth-order valence-electron chi connectivity index (χ4n) is 4.90. The third kappa shape index (κ3) is 4.51. The number of hydrogen-bond donors (Lipinski definition) is 1. The number of benzene rings is 2. The van der Waals surface area contributed by atoms with Crippen LogP contribution in [0.1, 0.15) is 55.0 Å². The van der Waals surface area contributed by atoms with Crippen LogP contribution in [0.15, 0.2) is 40.8 Å². The van der Waals surface area contributed by atoms with Crippen LogP contribution in [0.5, 0.6) is 11.5 Å². The van der Waals surface area contributed by atoms with Gasteiger partial charge in [0.05, 0.1) is 24.8 Å². The molecule has 170 valence electrons. The number of fused-ring (bicyclic) bond motifs is 1. The molecule has 2 fully saturated rings. The van der Waals surface area contributed by atoms with Gasteiger partial charge in [0, 0.05) is 24.8 Å². The number of piperidine rings is 1. The second kappa shape index (κ2) is 9.14. The van der Waals surface area contributed by atoms with Crippen LogP contribution in [0.4, 0.5) is 0 Å². The first-order valence-corrected chi connectivity index (χ1v) is 11.5. The van der Waals surface area contributed by atoms with Crippen molar-refractivity contribution in [1.82, 2.24) is 10.3 Å². The molecule has 0 bridgehead atoms. The van der Waals surface area contributed by atoms with Crippen molar-refractivity contribution in [3.8, 4) is 17.6 Å². The van der Waals surface area contributed by atoms with E-state index in [-0.39, 0.29) is 23.8 Å². The summed E-state index contributed by atoms with van der Waals surface area (Å²) in [6.07, 6.45) is 5.93. The Hall–Kier alpha value is -3.53. The van der Waals surface area contributed by atoms with Crippen molar-refractivity contribution in [2.45, 2.75) is 50.5 Å². The molecule has 2 aromatic carbocycles. The van der Waals surface area contributed by atoms with Crippen molar-refractivity contribution < 1.29 is 18.7 Å². The Labute approximate surface area is 192 Å². The third-order valence-electron chi connectivity index (χ3n) is 6.70. The summed E-state index contributed by atoms with van der Waals surface area (Å²) in [6.45, 7) is 0.587.